The zero-order chi connectivity index (χ0) is 11.8. The Bertz CT molecular complexity index is 503. The quantitative estimate of drug-likeness (QED) is 0.814. The smallest absolute Gasteiger partial charge is 0.238 e. The van der Waals surface area contributed by atoms with E-state index in [-0.39, 0.29) is 16.7 Å². The van der Waals surface area contributed by atoms with Crippen LogP contribution in [0.4, 0.5) is 5.69 Å². The Kier molecular flexibility index (Phi) is 2.69. The number of carbonyl (C=O) groups excluding carboxylic acids is 1. The Morgan fingerprint density at radius 3 is 2.25 bits per heavy atom. The number of hydrogen-bond donors (Lipinski definition) is 2. The van der Waals surface area contributed by atoms with Crippen molar-refractivity contribution in [2.75, 3.05) is 5.32 Å². The van der Waals surface area contributed by atoms with E-state index < -0.39 is 10.0 Å². The summed E-state index contributed by atoms with van der Waals surface area (Å²) in [6, 6.07) is 5.80. The van der Waals surface area contributed by atoms with Gasteiger partial charge in [-0.05, 0) is 37.1 Å². The fourth-order valence-corrected chi connectivity index (χ4v) is 1.83. The van der Waals surface area contributed by atoms with E-state index in [0.29, 0.717) is 5.69 Å². The minimum atomic E-state index is -3.66. The van der Waals surface area contributed by atoms with Gasteiger partial charge in [-0.2, -0.15) is 0 Å². The van der Waals surface area contributed by atoms with Crippen molar-refractivity contribution in [3.63, 3.8) is 0 Å². The molecule has 0 heterocycles. The third-order valence-corrected chi connectivity index (χ3v) is 3.33. The molecule has 0 radical (unpaired) electrons. The normalized spacial score (nSPS) is 15.8. The highest BCUT2D eigenvalue weighted by atomic mass is 32.2. The Hall–Kier alpha value is -1.40. The minimum absolute atomic E-state index is 0.0108. The summed E-state index contributed by atoms with van der Waals surface area (Å²) >= 11 is 0. The molecule has 0 aromatic heterocycles. The molecule has 1 aliphatic rings. The maximum absolute atomic E-state index is 11.4. The molecule has 5 nitrogen and oxygen atoms in total. The Balaban J connectivity index is 2.10. The molecule has 1 aromatic rings. The van der Waals surface area contributed by atoms with Crippen LogP contribution in [0.2, 0.25) is 0 Å². The lowest BCUT2D eigenvalue weighted by Crippen LogP contribution is -2.14. The topological polar surface area (TPSA) is 89.3 Å². The Morgan fingerprint density at radius 1 is 1.25 bits per heavy atom. The lowest BCUT2D eigenvalue weighted by atomic mass is 10.3. The maximum Gasteiger partial charge on any atom is 0.238 e. The lowest BCUT2D eigenvalue weighted by Gasteiger charge is -2.04. The molecule has 0 spiro atoms. The van der Waals surface area contributed by atoms with Gasteiger partial charge in [0.2, 0.25) is 15.9 Å². The van der Waals surface area contributed by atoms with Gasteiger partial charge in [0, 0.05) is 11.6 Å². The summed E-state index contributed by atoms with van der Waals surface area (Å²) in [5, 5.41) is 7.66. The summed E-state index contributed by atoms with van der Waals surface area (Å²) in [5.74, 6) is 0.112. The van der Waals surface area contributed by atoms with E-state index in [2.05, 4.69) is 5.32 Å². The van der Waals surface area contributed by atoms with Gasteiger partial charge in [-0.15, -0.1) is 0 Å². The molecule has 1 amide bonds. The van der Waals surface area contributed by atoms with Crippen LogP contribution in [-0.4, -0.2) is 14.3 Å². The van der Waals surface area contributed by atoms with Crippen LogP contribution >= 0.6 is 0 Å². The molecule has 16 heavy (non-hydrogen) atoms. The van der Waals surface area contributed by atoms with Crippen molar-refractivity contribution in [3.05, 3.63) is 24.3 Å². The third kappa shape index (κ3) is 2.59. The fourth-order valence-electron chi connectivity index (χ4n) is 1.32. The highest BCUT2D eigenvalue weighted by Gasteiger charge is 2.29. The summed E-state index contributed by atoms with van der Waals surface area (Å²) in [6.07, 6.45) is 1.86. The van der Waals surface area contributed by atoms with Gasteiger partial charge in [-0.1, -0.05) is 0 Å². The summed E-state index contributed by atoms with van der Waals surface area (Å²) in [6.45, 7) is 0. The van der Waals surface area contributed by atoms with Crippen molar-refractivity contribution in [2.24, 2.45) is 11.1 Å². The van der Waals surface area contributed by atoms with Crippen molar-refractivity contribution in [3.8, 4) is 0 Å². The van der Waals surface area contributed by atoms with E-state index in [1.54, 1.807) is 0 Å². The molecular formula is C10H12N2O3S. The number of amides is 1. The van der Waals surface area contributed by atoms with E-state index in [4.69, 9.17) is 5.14 Å². The molecule has 0 bridgehead atoms. The molecule has 2 rings (SSSR count). The third-order valence-electron chi connectivity index (χ3n) is 2.40. The number of primary sulfonamides is 1. The highest BCUT2D eigenvalue weighted by molar-refractivity contribution is 7.89. The van der Waals surface area contributed by atoms with E-state index in [0.717, 1.165) is 12.8 Å². The van der Waals surface area contributed by atoms with Gasteiger partial charge in [-0.25, -0.2) is 13.6 Å². The Morgan fingerprint density at radius 2 is 1.81 bits per heavy atom. The molecular weight excluding hydrogens is 228 g/mol. The zero-order valence-corrected chi connectivity index (χ0v) is 9.33. The van der Waals surface area contributed by atoms with Crippen LogP contribution in [-0.2, 0) is 14.8 Å². The van der Waals surface area contributed by atoms with Crippen molar-refractivity contribution in [1.82, 2.24) is 0 Å². The molecule has 1 fully saturated rings. The van der Waals surface area contributed by atoms with Gasteiger partial charge >= 0.3 is 0 Å². The van der Waals surface area contributed by atoms with Crippen LogP contribution in [0.15, 0.2) is 29.2 Å². The Labute approximate surface area is 93.7 Å². The average Bonchev–Trinajstić information content (AvgIpc) is 3.00. The second-order valence-electron chi connectivity index (χ2n) is 3.83. The second-order valence-corrected chi connectivity index (χ2v) is 5.39. The van der Waals surface area contributed by atoms with Crippen LogP contribution in [0.5, 0.6) is 0 Å². The zero-order valence-electron chi connectivity index (χ0n) is 8.51. The molecule has 0 saturated heterocycles. The average molecular weight is 240 g/mol. The van der Waals surface area contributed by atoms with Crippen molar-refractivity contribution in [1.29, 1.82) is 0 Å². The van der Waals surface area contributed by atoms with Crippen molar-refractivity contribution < 1.29 is 13.2 Å². The number of benzene rings is 1. The molecule has 1 saturated carbocycles. The molecule has 6 heteroatoms. The molecule has 0 unspecified atom stereocenters. The van der Waals surface area contributed by atoms with Gasteiger partial charge in [0.05, 0.1) is 4.90 Å². The molecule has 0 atom stereocenters. The number of anilines is 1. The standard InChI is InChI=1S/C10H12N2O3S/c11-16(14,15)9-5-3-8(4-6-9)12-10(13)7-1-2-7/h3-7H,1-2H2,(H,12,13)(H2,11,14,15). The van der Waals surface area contributed by atoms with Gasteiger partial charge in [0.15, 0.2) is 0 Å². The SMILES string of the molecule is NS(=O)(=O)c1ccc(NC(=O)C2CC2)cc1. The first-order valence-electron chi connectivity index (χ1n) is 4.90. The van der Waals surface area contributed by atoms with Gasteiger partial charge < -0.3 is 5.32 Å². The molecule has 3 N–H and O–H groups in total. The van der Waals surface area contributed by atoms with E-state index in [1.165, 1.54) is 24.3 Å². The fraction of sp³-hybridized carbons (Fsp3) is 0.300. The summed E-state index contributed by atoms with van der Waals surface area (Å²) in [4.78, 5) is 11.4. The lowest BCUT2D eigenvalue weighted by molar-refractivity contribution is -0.117. The summed E-state index contributed by atoms with van der Waals surface area (Å²) in [7, 11) is -3.66. The predicted molar refractivity (Wildman–Crippen MR) is 59.2 cm³/mol. The van der Waals surface area contributed by atoms with E-state index >= 15 is 0 Å². The van der Waals surface area contributed by atoms with Crippen LogP contribution in [0.25, 0.3) is 0 Å². The maximum atomic E-state index is 11.4. The van der Waals surface area contributed by atoms with Crippen molar-refractivity contribution >= 4 is 21.6 Å². The second kappa shape index (κ2) is 3.88. The number of rotatable bonds is 3. The number of carbonyl (C=O) groups is 1. The van der Waals surface area contributed by atoms with Crippen LogP contribution in [0.3, 0.4) is 0 Å². The van der Waals surface area contributed by atoms with Crippen LogP contribution < -0.4 is 10.5 Å². The van der Waals surface area contributed by atoms with Gasteiger partial charge in [0.25, 0.3) is 0 Å². The highest BCUT2D eigenvalue weighted by Crippen LogP contribution is 2.30. The number of sulfonamides is 1. The van der Waals surface area contributed by atoms with Gasteiger partial charge in [0.1, 0.15) is 0 Å². The first kappa shape index (κ1) is 11.1. The monoisotopic (exact) mass is 240 g/mol. The van der Waals surface area contributed by atoms with Crippen LogP contribution in [0.1, 0.15) is 12.8 Å². The largest absolute Gasteiger partial charge is 0.326 e. The number of nitrogens with two attached hydrogens (primary N) is 1. The molecule has 1 aliphatic carbocycles. The van der Waals surface area contributed by atoms with Crippen molar-refractivity contribution in [2.45, 2.75) is 17.7 Å². The first-order valence-corrected chi connectivity index (χ1v) is 6.45. The van der Waals surface area contributed by atoms with E-state index in [9.17, 15) is 13.2 Å². The van der Waals surface area contributed by atoms with Gasteiger partial charge in [-0.3, -0.25) is 4.79 Å². The molecule has 1 aromatic carbocycles. The molecule has 86 valence electrons. The van der Waals surface area contributed by atoms with E-state index in [1.807, 2.05) is 0 Å². The number of nitrogens with one attached hydrogen (secondary N) is 1. The first-order chi connectivity index (χ1) is 7.47. The summed E-state index contributed by atoms with van der Waals surface area (Å²) in [5.41, 5.74) is 0.587. The number of hydrogen-bond acceptors (Lipinski definition) is 3. The van der Waals surface area contributed by atoms with Crippen LogP contribution in [0, 0.1) is 5.92 Å². The minimum Gasteiger partial charge on any atom is -0.326 e. The predicted octanol–water partition coefficient (Wildman–Crippen LogP) is 0.682. The summed E-state index contributed by atoms with van der Waals surface area (Å²) < 4.78 is 22.0. The molecule has 0 aliphatic heterocycles.